The Hall–Kier alpha value is -2.29. The lowest BCUT2D eigenvalue weighted by atomic mass is 9.96. The van der Waals surface area contributed by atoms with Gasteiger partial charge in [0.1, 0.15) is 5.82 Å². The van der Waals surface area contributed by atoms with Crippen LogP contribution in [0.5, 0.6) is 0 Å². The van der Waals surface area contributed by atoms with Crippen molar-refractivity contribution in [1.82, 2.24) is 15.0 Å². The van der Waals surface area contributed by atoms with Gasteiger partial charge < -0.3 is 0 Å². The van der Waals surface area contributed by atoms with Crippen LogP contribution >= 0.6 is 0 Å². The highest BCUT2D eigenvalue weighted by atomic mass is 14.9. The van der Waals surface area contributed by atoms with Crippen molar-refractivity contribution < 1.29 is 0 Å². The van der Waals surface area contributed by atoms with E-state index in [4.69, 9.17) is 9.97 Å². The Kier molecular flexibility index (Phi) is 4.65. The third-order valence-corrected chi connectivity index (χ3v) is 4.31. The van der Waals surface area contributed by atoms with Gasteiger partial charge in [-0.1, -0.05) is 44.5 Å². The molecule has 0 spiro atoms. The van der Waals surface area contributed by atoms with Gasteiger partial charge in [0, 0.05) is 17.5 Å². The summed E-state index contributed by atoms with van der Waals surface area (Å²) in [5.41, 5.74) is 4.80. The van der Waals surface area contributed by atoms with E-state index in [9.17, 15) is 0 Å². The molecule has 0 aliphatic rings. The molecule has 3 heteroatoms. The normalized spacial score (nSPS) is 12.5. The molecule has 3 rings (SSSR count). The molecular weight excluding hydrogens is 282 g/mol. The maximum absolute atomic E-state index is 4.88. The summed E-state index contributed by atoms with van der Waals surface area (Å²) in [5, 5.41) is 1.13. The van der Waals surface area contributed by atoms with Gasteiger partial charge in [-0.25, -0.2) is 9.97 Å². The topological polar surface area (TPSA) is 38.7 Å². The summed E-state index contributed by atoms with van der Waals surface area (Å²) in [6.07, 6.45) is 6.69. The van der Waals surface area contributed by atoms with E-state index in [-0.39, 0.29) is 5.92 Å². The number of aromatic nitrogens is 3. The van der Waals surface area contributed by atoms with Crippen LogP contribution in [0.15, 0.2) is 42.7 Å². The number of aryl methyl sites for hydroxylation is 2. The quantitative estimate of drug-likeness (QED) is 0.689. The van der Waals surface area contributed by atoms with E-state index in [2.05, 4.69) is 50.0 Å². The van der Waals surface area contributed by atoms with Crippen LogP contribution in [0.2, 0.25) is 0 Å². The van der Waals surface area contributed by atoms with Crippen LogP contribution in [0.25, 0.3) is 10.9 Å². The summed E-state index contributed by atoms with van der Waals surface area (Å²) in [4.78, 5) is 13.9. The van der Waals surface area contributed by atoms with Crippen molar-refractivity contribution in [3.8, 4) is 0 Å². The Morgan fingerprint density at radius 2 is 1.91 bits per heavy atom. The second-order valence-corrected chi connectivity index (χ2v) is 6.20. The SMILES string of the molecule is CCCc1nc(C(C)Cc2ccccc2C)nc2cnccc12. The zero-order valence-corrected chi connectivity index (χ0v) is 14.1. The molecular formula is C20H23N3. The number of nitrogens with zero attached hydrogens (tertiary/aromatic N) is 3. The second kappa shape index (κ2) is 6.86. The highest BCUT2D eigenvalue weighted by Gasteiger charge is 2.14. The summed E-state index contributed by atoms with van der Waals surface area (Å²) in [6, 6.07) is 10.6. The fourth-order valence-electron chi connectivity index (χ4n) is 2.97. The van der Waals surface area contributed by atoms with Gasteiger partial charge in [-0.2, -0.15) is 0 Å². The summed E-state index contributed by atoms with van der Waals surface area (Å²) in [5.74, 6) is 1.22. The largest absolute Gasteiger partial charge is 0.262 e. The lowest BCUT2D eigenvalue weighted by Gasteiger charge is -2.14. The molecule has 1 aromatic carbocycles. The van der Waals surface area contributed by atoms with E-state index in [0.29, 0.717) is 0 Å². The first-order valence-electron chi connectivity index (χ1n) is 8.34. The Morgan fingerprint density at radius 3 is 2.70 bits per heavy atom. The standard InChI is InChI=1S/C20H23N3/c1-4-7-18-17-10-11-21-13-19(17)23-20(22-18)15(3)12-16-9-6-5-8-14(16)2/h5-6,8-11,13,15H,4,7,12H2,1-3H3. The van der Waals surface area contributed by atoms with Crippen molar-refractivity contribution in [2.24, 2.45) is 0 Å². The number of rotatable bonds is 5. The molecule has 0 N–H and O–H groups in total. The molecule has 0 radical (unpaired) electrons. The highest BCUT2D eigenvalue weighted by Crippen LogP contribution is 2.23. The van der Waals surface area contributed by atoms with E-state index >= 15 is 0 Å². The minimum absolute atomic E-state index is 0.288. The van der Waals surface area contributed by atoms with Crippen molar-refractivity contribution in [2.75, 3.05) is 0 Å². The number of hydrogen-bond donors (Lipinski definition) is 0. The van der Waals surface area contributed by atoms with Gasteiger partial charge in [-0.05, 0) is 37.0 Å². The summed E-state index contributed by atoms with van der Waals surface area (Å²) < 4.78 is 0. The first kappa shape index (κ1) is 15.6. The second-order valence-electron chi connectivity index (χ2n) is 6.20. The molecule has 0 saturated heterocycles. The number of benzene rings is 1. The van der Waals surface area contributed by atoms with Gasteiger partial charge in [0.15, 0.2) is 0 Å². The smallest absolute Gasteiger partial charge is 0.132 e. The van der Waals surface area contributed by atoms with Crippen molar-refractivity contribution in [3.63, 3.8) is 0 Å². The van der Waals surface area contributed by atoms with E-state index in [1.165, 1.54) is 11.1 Å². The molecule has 0 saturated carbocycles. The molecule has 2 heterocycles. The Labute approximate surface area is 137 Å². The zero-order chi connectivity index (χ0) is 16.2. The van der Waals surface area contributed by atoms with Crippen molar-refractivity contribution in [3.05, 3.63) is 65.4 Å². The van der Waals surface area contributed by atoms with Gasteiger partial charge in [0.2, 0.25) is 0 Å². The van der Waals surface area contributed by atoms with Crippen LogP contribution in [0, 0.1) is 6.92 Å². The van der Waals surface area contributed by atoms with Gasteiger partial charge in [-0.3, -0.25) is 4.98 Å². The highest BCUT2D eigenvalue weighted by molar-refractivity contribution is 5.79. The van der Waals surface area contributed by atoms with Gasteiger partial charge in [0.25, 0.3) is 0 Å². The molecule has 3 nitrogen and oxygen atoms in total. The third kappa shape index (κ3) is 3.39. The van der Waals surface area contributed by atoms with Crippen LogP contribution in [-0.2, 0) is 12.8 Å². The van der Waals surface area contributed by atoms with Crippen LogP contribution in [0.1, 0.15) is 48.8 Å². The van der Waals surface area contributed by atoms with Crippen LogP contribution in [-0.4, -0.2) is 15.0 Å². The summed E-state index contributed by atoms with van der Waals surface area (Å²) in [6.45, 7) is 6.56. The third-order valence-electron chi connectivity index (χ3n) is 4.31. The Bertz CT molecular complexity index is 811. The van der Waals surface area contributed by atoms with Crippen LogP contribution in [0.3, 0.4) is 0 Å². The van der Waals surface area contributed by atoms with E-state index in [1.807, 2.05) is 18.5 Å². The van der Waals surface area contributed by atoms with Crippen molar-refractivity contribution >= 4 is 10.9 Å². The predicted octanol–water partition coefficient (Wildman–Crippen LogP) is 4.63. The first-order chi connectivity index (χ1) is 11.2. The average molecular weight is 305 g/mol. The molecule has 1 unspecified atom stereocenters. The van der Waals surface area contributed by atoms with Gasteiger partial charge in [-0.15, -0.1) is 0 Å². The maximum atomic E-state index is 4.88. The maximum Gasteiger partial charge on any atom is 0.132 e. The lowest BCUT2D eigenvalue weighted by molar-refractivity contribution is 0.690. The molecule has 118 valence electrons. The molecule has 2 aromatic heterocycles. The Morgan fingerprint density at radius 1 is 1.09 bits per heavy atom. The molecule has 0 fully saturated rings. The number of pyridine rings is 1. The van der Waals surface area contributed by atoms with Crippen LogP contribution < -0.4 is 0 Å². The van der Waals surface area contributed by atoms with Gasteiger partial charge >= 0.3 is 0 Å². The summed E-state index contributed by atoms with van der Waals surface area (Å²) >= 11 is 0. The fourth-order valence-corrected chi connectivity index (χ4v) is 2.97. The zero-order valence-electron chi connectivity index (χ0n) is 14.1. The minimum atomic E-state index is 0.288. The minimum Gasteiger partial charge on any atom is -0.262 e. The number of fused-ring (bicyclic) bond motifs is 1. The van der Waals surface area contributed by atoms with Crippen molar-refractivity contribution in [1.29, 1.82) is 0 Å². The first-order valence-corrected chi connectivity index (χ1v) is 8.34. The molecule has 0 aliphatic heterocycles. The predicted molar refractivity (Wildman–Crippen MR) is 94.6 cm³/mol. The van der Waals surface area contributed by atoms with E-state index < -0.39 is 0 Å². The molecule has 23 heavy (non-hydrogen) atoms. The average Bonchev–Trinajstić information content (AvgIpc) is 2.57. The van der Waals surface area contributed by atoms with E-state index in [0.717, 1.165) is 41.7 Å². The molecule has 0 bridgehead atoms. The van der Waals surface area contributed by atoms with Gasteiger partial charge in [0.05, 0.1) is 17.4 Å². The lowest BCUT2D eigenvalue weighted by Crippen LogP contribution is -2.08. The van der Waals surface area contributed by atoms with Crippen molar-refractivity contribution in [2.45, 2.75) is 46.0 Å². The summed E-state index contributed by atoms with van der Waals surface area (Å²) in [7, 11) is 0. The van der Waals surface area contributed by atoms with Crippen LogP contribution in [0.4, 0.5) is 0 Å². The Balaban J connectivity index is 1.97. The van der Waals surface area contributed by atoms with E-state index in [1.54, 1.807) is 0 Å². The monoisotopic (exact) mass is 305 g/mol. The number of hydrogen-bond acceptors (Lipinski definition) is 3. The molecule has 3 aromatic rings. The fraction of sp³-hybridized carbons (Fsp3) is 0.350. The molecule has 0 amide bonds. The molecule has 1 atom stereocenters. The molecule has 0 aliphatic carbocycles.